The van der Waals surface area contributed by atoms with Crippen LogP contribution in [0.4, 0.5) is 0 Å². The number of hydrogen-bond donors (Lipinski definition) is 0. The Hall–Kier alpha value is -2.63. The van der Waals surface area contributed by atoms with Crippen molar-refractivity contribution in [3.05, 3.63) is 88.1 Å². The number of carbonyl (C=O) groups excluding carboxylic acids is 1. The summed E-state index contributed by atoms with van der Waals surface area (Å²) in [6.07, 6.45) is 5.96. The molecule has 5 rings (SSSR count). The van der Waals surface area contributed by atoms with Crippen LogP contribution in [0.3, 0.4) is 0 Å². The third kappa shape index (κ3) is 5.79. The molecule has 2 fully saturated rings. The summed E-state index contributed by atoms with van der Waals surface area (Å²) in [5, 5.41) is 2.16. The summed E-state index contributed by atoms with van der Waals surface area (Å²) in [6.45, 7) is 3.80. The molecule has 35 heavy (non-hydrogen) atoms. The van der Waals surface area contributed by atoms with Crippen LogP contribution in [-0.2, 0) is 6.54 Å². The lowest BCUT2D eigenvalue weighted by Gasteiger charge is -2.37. The summed E-state index contributed by atoms with van der Waals surface area (Å²) in [5.74, 6) is 1.86. The monoisotopic (exact) mass is 488 g/mol. The van der Waals surface area contributed by atoms with Crippen LogP contribution in [0.2, 0.25) is 0 Å². The van der Waals surface area contributed by atoms with Gasteiger partial charge in [-0.3, -0.25) is 9.69 Å². The first-order valence-electron chi connectivity index (χ1n) is 13.0. The fourth-order valence-electron chi connectivity index (χ4n) is 5.94. The lowest BCUT2D eigenvalue weighted by Crippen LogP contribution is -2.45. The Balaban J connectivity index is 1.42. The number of nitrogens with zero attached hydrogens (tertiary/aromatic N) is 2. The zero-order chi connectivity index (χ0) is 24.0. The third-order valence-corrected chi connectivity index (χ3v) is 8.59. The lowest BCUT2D eigenvalue weighted by atomic mass is 9.86. The predicted octanol–water partition coefficient (Wildman–Crippen LogP) is 6.45. The number of hydrogen-bond acceptors (Lipinski definition) is 4. The predicted molar refractivity (Wildman–Crippen MR) is 143 cm³/mol. The number of thiophene rings is 1. The van der Waals surface area contributed by atoms with Crippen molar-refractivity contribution >= 4 is 17.2 Å². The molecular formula is C30H36N2O2S. The highest BCUT2D eigenvalue weighted by Gasteiger charge is 2.38. The summed E-state index contributed by atoms with van der Waals surface area (Å²) in [4.78, 5) is 20.0. The van der Waals surface area contributed by atoms with Crippen molar-refractivity contribution in [3.8, 4) is 5.75 Å². The topological polar surface area (TPSA) is 32.8 Å². The first-order chi connectivity index (χ1) is 17.2. The maximum atomic E-state index is 13.8. The van der Waals surface area contributed by atoms with Crippen LogP contribution in [0.25, 0.3) is 0 Å². The highest BCUT2D eigenvalue weighted by atomic mass is 32.1. The van der Waals surface area contributed by atoms with Crippen molar-refractivity contribution < 1.29 is 9.53 Å². The average molecular weight is 489 g/mol. The van der Waals surface area contributed by atoms with Gasteiger partial charge in [0.05, 0.1) is 7.11 Å². The van der Waals surface area contributed by atoms with Crippen LogP contribution in [0.15, 0.2) is 72.1 Å². The molecule has 2 atom stereocenters. The summed E-state index contributed by atoms with van der Waals surface area (Å²) < 4.78 is 5.56. The molecule has 184 valence electrons. The van der Waals surface area contributed by atoms with Crippen molar-refractivity contribution in [3.63, 3.8) is 0 Å². The van der Waals surface area contributed by atoms with Gasteiger partial charge >= 0.3 is 0 Å². The van der Waals surface area contributed by atoms with Crippen molar-refractivity contribution in [2.75, 3.05) is 26.7 Å². The van der Waals surface area contributed by atoms with Gasteiger partial charge in [-0.25, -0.2) is 0 Å². The lowest BCUT2D eigenvalue weighted by molar-refractivity contribution is 0.0588. The molecule has 1 aliphatic heterocycles. The van der Waals surface area contributed by atoms with E-state index in [1.807, 2.05) is 47.7 Å². The Bertz CT molecular complexity index is 1080. The van der Waals surface area contributed by atoms with E-state index in [9.17, 15) is 4.79 Å². The summed E-state index contributed by atoms with van der Waals surface area (Å²) in [7, 11) is 1.73. The van der Waals surface area contributed by atoms with Gasteiger partial charge < -0.3 is 9.64 Å². The Morgan fingerprint density at radius 3 is 2.57 bits per heavy atom. The molecule has 4 nitrogen and oxygen atoms in total. The van der Waals surface area contributed by atoms with E-state index in [2.05, 4.69) is 45.5 Å². The van der Waals surface area contributed by atoms with E-state index in [1.54, 1.807) is 7.11 Å². The van der Waals surface area contributed by atoms with E-state index in [0.29, 0.717) is 17.9 Å². The smallest absolute Gasteiger partial charge is 0.254 e. The van der Waals surface area contributed by atoms with E-state index in [4.69, 9.17) is 4.74 Å². The van der Waals surface area contributed by atoms with Crippen LogP contribution in [0.5, 0.6) is 5.75 Å². The highest BCUT2D eigenvalue weighted by molar-refractivity contribution is 7.09. The minimum Gasteiger partial charge on any atom is -0.497 e. The van der Waals surface area contributed by atoms with E-state index in [0.717, 1.165) is 50.3 Å². The van der Waals surface area contributed by atoms with Gasteiger partial charge in [-0.05, 0) is 60.0 Å². The van der Waals surface area contributed by atoms with Gasteiger partial charge in [0.2, 0.25) is 0 Å². The second kappa shape index (κ2) is 11.4. The van der Waals surface area contributed by atoms with Gasteiger partial charge in [0.1, 0.15) is 5.75 Å². The van der Waals surface area contributed by atoms with Crippen molar-refractivity contribution in [1.82, 2.24) is 9.80 Å². The maximum Gasteiger partial charge on any atom is 0.254 e. The fourth-order valence-corrected chi connectivity index (χ4v) is 6.68. The Morgan fingerprint density at radius 2 is 1.83 bits per heavy atom. The van der Waals surface area contributed by atoms with Crippen molar-refractivity contribution in [2.45, 2.75) is 50.6 Å². The quantitative estimate of drug-likeness (QED) is 0.365. The SMILES string of the molecule is COc1cccc(C2CN(Cc3cccs3)CC2CN(C(=O)c2ccccc2)C2CCCCC2)c1. The normalized spacial score (nSPS) is 21.2. The van der Waals surface area contributed by atoms with Crippen LogP contribution in [0.1, 0.15) is 58.8 Å². The minimum atomic E-state index is 0.193. The number of ether oxygens (including phenoxy) is 1. The molecule has 0 N–H and O–H groups in total. The molecule has 5 heteroatoms. The Kier molecular flexibility index (Phi) is 7.85. The molecule has 2 aromatic carbocycles. The third-order valence-electron chi connectivity index (χ3n) is 7.73. The summed E-state index contributed by atoms with van der Waals surface area (Å²) in [5.41, 5.74) is 2.13. The molecule has 1 amide bonds. The standard InChI is InChI=1S/C30H36N2O2S/c1-34-27-15-8-12-24(18-27)29-22-31(21-28-16-9-17-35-28)19-25(29)20-32(26-13-6-3-7-14-26)30(33)23-10-4-2-5-11-23/h2,4-5,8-12,15-18,25-26,29H,3,6-7,13-14,19-22H2,1H3. The molecule has 0 radical (unpaired) electrons. The Labute approximate surface area is 213 Å². The largest absolute Gasteiger partial charge is 0.497 e. The number of benzene rings is 2. The number of carbonyl (C=O) groups is 1. The van der Waals surface area contributed by atoms with E-state index < -0.39 is 0 Å². The fraction of sp³-hybridized carbons (Fsp3) is 0.433. The second-order valence-electron chi connectivity index (χ2n) is 10.0. The van der Waals surface area contributed by atoms with Crippen LogP contribution < -0.4 is 4.74 Å². The maximum absolute atomic E-state index is 13.8. The second-order valence-corrected chi connectivity index (χ2v) is 11.1. The number of methoxy groups -OCH3 is 1. The number of rotatable bonds is 8. The van der Waals surface area contributed by atoms with Crippen molar-refractivity contribution in [1.29, 1.82) is 0 Å². The molecule has 1 saturated heterocycles. The molecule has 1 aromatic heterocycles. The first-order valence-corrected chi connectivity index (χ1v) is 13.8. The summed E-state index contributed by atoms with van der Waals surface area (Å²) >= 11 is 1.83. The van der Waals surface area contributed by atoms with Gasteiger partial charge in [0, 0.05) is 48.6 Å². The molecule has 3 aromatic rings. The van der Waals surface area contributed by atoms with Gasteiger partial charge in [0.25, 0.3) is 5.91 Å². The Morgan fingerprint density at radius 1 is 1.00 bits per heavy atom. The first kappa shape index (κ1) is 24.1. The van der Waals surface area contributed by atoms with Gasteiger partial charge in [-0.15, -0.1) is 11.3 Å². The molecule has 0 spiro atoms. The highest BCUT2D eigenvalue weighted by Crippen LogP contribution is 2.37. The van der Waals surface area contributed by atoms with E-state index in [-0.39, 0.29) is 5.91 Å². The number of amides is 1. The molecule has 0 bridgehead atoms. The van der Waals surface area contributed by atoms with Crippen LogP contribution in [-0.4, -0.2) is 48.5 Å². The zero-order valence-electron chi connectivity index (χ0n) is 20.6. The molecular weight excluding hydrogens is 452 g/mol. The average Bonchev–Trinajstić information content (AvgIpc) is 3.58. The van der Waals surface area contributed by atoms with Gasteiger partial charge in [-0.2, -0.15) is 0 Å². The molecule has 1 aliphatic carbocycles. The van der Waals surface area contributed by atoms with Crippen LogP contribution >= 0.6 is 11.3 Å². The zero-order valence-corrected chi connectivity index (χ0v) is 21.5. The van der Waals surface area contributed by atoms with Gasteiger partial charge in [0.15, 0.2) is 0 Å². The minimum absolute atomic E-state index is 0.193. The molecule has 2 heterocycles. The summed E-state index contributed by atoms with van der Waals surface area (Å²) in [6, 6.07) is 23.1. The molecule has 1 saturated carbocycles. The van der Waals surface area contributed by atoms with E-state index in [1.165, 1.54) is 29.7 Å². The number of likely N-dealkylation sites (tertiary alicyclic amines) is 1. The van der Waals surface area contributed by atoms with E-state index >= 15 is 0 Å². The molecule has 2 unspecified atom stereocenters. The van der Waals surface area contributed by atoms with Crippen molar-refractivity contribution in [2.24, 2.45) is 5.92 Å². The van der Waals surface area contributed by atoms with Crippen LogP contribution in [0, 0.1) is 5.92 Å². The molecule has 2 aliphatic rings. The van der Waals surface area contributed by atoms with Gasteiger partial charge in [-0.1, -0.05) is 55.7 Å².